The summed E-state index contributed by atoms with van der Waals surface area (Å²) in [5.74, 6) is -1.27. The Morgan fingerprint density at radius 3 is 2.44 bits per heavy atom. The maximum atomic E-state index is 13.9. The number of anilines is 1. The van der Waals surface area contributed by atoms with Crippen LogP contribution < -0.4 is 9.62 Å². The molecule has 0 amide bonds. The van der Waals surface area contributed by atoms with Crippen molar-refractivity contribution in [2.45, 2.75) is 24.6 Å². The summed E-state index contributed by atoms with van der Waals surface area (Å²) < 4.78 is 55.0. The van der Waals surface area contributed by atoms with E-state index in [2.05, 4.69) is 4.72 Å². The molecular weight excluding hydrogens is 346 g/mol. The van der Waals surface area contributed by atoms with Crippen LogP contribution in [0.4, 0.5) is 14.5 Å². The molecule has 0 spiro atoms. The molecule has 1 aliphatic rings. The van der Waals surface area contributed by atoms with Gasteiger partial charge in [-0.1, -0.05) is 30.3 Å². The molecule has 0 aliphatic carbocycles. The summed E-state index contributed by atoms with van der Waals surface area (Å²) in [6, 6.07) is 12.0. The monoisotopic (exact) mass is 366 g/mol. The van der Waals surface area contributed by atoms with Gasteiger partial charge in [-0.15, -0.1) is 0 Å². The lowest BCUT2D eigenvalue weighted by atomic mass is 10.1. The Labute approximate surface area is 146 Å². The second-order valence-corrected chi connectivity index (χ2v) is 7.96. The van der Waals surface area contributed by atoms with E-state index < -0.39 is 21.6 Å². The van der Waals surface area contributed by atoms with Crippen LogP contribution in [0.3, 0.4) is 0 Å². The standard InChI is InChI=1S/C18H20F2N2O2S/c19-16-8-2-1-6-14(16)13-25(23,24)21-15-7-5-11-22(12-15)18-10-4-3-9-17(18)20/h1-4,6,8-10,15,21H,5,7,11-13H2. The van der Waals surface area contributed by atoms with Gasteiger partial charge < -0.3 is 4.90 Å². The molecule has 1 N–H and O–H groups in total. The summed E-state index contributed by atoms with van der Waals surface area (Å²) in [7, 11) is -3.68. The van der Waals surface area contributed by atoms with Gasteiger partial charge in [-0.3, -0.25) is 0 Å². The molecule has 2 aromatic carbocycles. The van der Waals surface area contributed by atoms with Gasteiger partial charge in [-0.25, -0.2) is 21.9 Å². The molecule has 0 radical (unpaired) electrons. The molecule has 7 heteroatoms. The van der Waals surface area contributed by atoms with Crippen LogP contribution in [0.25, 0.3) is 0 Å². The molecule has 2 aromatic rings. The van der Waals surface area contributed by atoms with E-state index in [1.165, 1.54) is 24.3 Å². The third-order valence-electron chi connectivity index (χ3n) is 4.26. The Kier molecular flexibility index (Phi) is 5.34. The van der Waals surface area contributed by atoms with E-state index in [1.54, 1.807) is 24.3 Å². The maximum absolute atomic E-state index is 13.9. The average molecular weight is 366 g/mol. The van der Waals surface area contributed by atoms with Crippen LogP contribution in [0.1, 0.15) is 18.4 Å². The summed E-state index contributed by atoms with van der Waals surface area (Å²) in [5, 5.41) is 0. The molecule has 1 fully saturated rings. The van der Waals surface area contributed by atoms with Crippen LogP contribution in [0, 0.1) is 11.6 Å². The molecule has 134 valence electrons. The van der Waals surface area contributed by atoms with Gasteiger partial charge in [0.15, 0.2) is 0 Å². The average Bonchev–Trinajstić information content (AvgIpc) is 2.57. The molecule has 1 heterocycles. The van der Waals surface area contributed by atoms with E-state index >= 15 is 0 Å². The Morgan fingerprint density at radius 1 is 1.04 bits per heavy atom. The lowest BCUT2D eigenvalue weighted by Crippen LogP contribution is -2.48. The first-order valence-electron chi connectivity index (χ1n) is 8.17. The van der Waals surface area contributed by atoms with Gasteiger partial charge in [0, 0.05) is 24.7 Å². The highest BCUT2D eigenvalue weighted by Crippen LogP contribution is 2.23. The molecule has 3 rings (SSSR count). The van der Waals surface area contributed by atoms with Gasteiger partial charge in [0.25, 0.3) is 0 Å². The van der Waals surface area contributed by atoms with E-state index in [0.29, 0.717) is 25.2 Å². The van der Waals surface area contributed by atoms with Crippen molar-refractivity contribution in [2.75, 3.05) is 18.0 Å². The zero-order chi connectivity index (χ0) is 17.9. The number of nitrogens with one attached hydrogen (secondary N) is 1. The van der Waals surface area contributed by atoms with Crippen molar-refractivity contribution in [3.63, 3.8) is 0 Å². The van der Waals surface area contributed by atoms with Gasteiger partial charge in [0.1, 0.15) is 11.6 Å². The van der Waals surface area contributed by atoms with Crippen LogP contribution in [0.15, 0.2) is 48.5 Å². The van der Waals surface area contributed by atoms with Crippen molar-refractivity contribution in [1.82, 2.24) is 4.72 Å². The predicted molar refractivity (Wildman–Crippen MR) is 93.8 cm³/mol. The van der Waals surface area contributed by atoms with E-state index in [9.17, 15) is 17.2 Å². The summed E-state index contributed by atoms with van der Waals surface area (Å²) in [4.78, 5) is 1.84. The third kappa shape index (κ3) is 4.55. The number of sulfonamides is 1. The lowest BCUT2D eigenvalue weighted by molar-refractivity contribution is 0.461. The second kappa shape index (κ2) is 7.49. The highest BCUT2D eigenvalue weighted by atomic mass is 32.2. The number of rotatable bonds is 5. The summed E-state index contributed by atoms with van der Waals surface area (Å²) in [5.41, 5.74) is 0.609. The van der Waals surface area contributed by atoms with E-state index in [0.717, 1.165) is 6.42 Å². The normalized spacial score (nSPS) is 18.3. The third-order valence-corrected chi connectivity index (χ3v) is 5.65. The lowest BCUT2D eigenvalue weighted by Gasteiger charge is -2.34. The smallest absolute Gasteiger partial charge is 0.216 e. The summed E-state index contributed by atoms with van der Waals surface area (Å²) in [6.45, 7) is 1.06. The van der Waals surface area contributed by atoms with Crippen molar-refractivity contribution in [1.29, 1.82) is 0 Å². The minimum absolute atomic E-state index is 0.136. The number of halogens is 2. The zero-order valence-corrected chi connectivity index (χ0v) is 14.5. The number of para-hydroxylation sites is 1. The van der Waals surface area contributed by atoms with Crippen LogP contribution in [0.5, 0.6) is 0 Å². The first kappa shape index (κ1) is 17.8. The largest absolute Gasteiger partial charge is 0.368 e. The Bertz CT molecular complexity index is 842. The first-order chi connectivity index (χ1) is 11.9. The highest BCUT2D eigenvalue weighted by Gasteiger charge is 2.26. The first-order valence-corrected chi connectivity index (χ1v) is 9.83. The van der Waals surface area contributed by atoms with Crippen molar-refractivity contribution in [3.05, 3.63) is 65.7 Å². The Hall–Kier alpha value is -1.99. The Morgan fingerprint density at radius 2 is 1.72 bits per heavy atom. The fourth-order valence-electron chi connectivity index (χ4n) is 3.12. The van der Waals surface area contributed by atoms with Gasteiger partial charge in [0.2, 0.25) is 10.0 Å². The van der Waals surface area contributed by atoms with Gasteiger partial charge in [-0.2, -0.15) is 0 Å². The number of piperidine rings is 1. The van der Waals surface area contributed by atoms with E-state index in [-0.39, 0.29) is 17.4 Å². The number of hydrogen-bond donors (Lipinski definition) is 1. The van der Waals surface area contributed by atoms with Gasteiger partial charge in [0.05, 0.1) is 11.4 Å². The molecule has 0 saturated carbocycles. The SMILES string of the molecule is O=S(=O)(Cc1ccccc1F)NC1CCCN(c2ccccc2F)C1. The quantitative estimate of drug-likeness (QED) is 0.885. The zero-order valence-electron chi connectivity index (χ0n) is 13.7. The predicted octanol–water partition coefficient (Wildman–Crippen LogP) is 3.05. The minimum Gasteiger partial charge on any atom is -0.368 e. The number of benzene rings is 2. The molecule has 25 heavy (non-hydrogen) atoms. The molecule has 1 atom stereocenters. The molecule has 4 nitrogen and oxygen atoms in total. The fourth-order valence-corrected chi connectivity index (χ4v) is 4.54. The van der Waals surface area contributed by atoms with Crippen LogP contribution in [0.2, 0.25) is 0 Å². The van der Waals surface area contributed by atoms with Crippen LogP contribution in [-0.4, -0.2) is 27.5 Å². The molecule has 0 aromatic heterocycles. The van der Waals surface area contributed by atoms with Crippen molar-refractivity contribution < 1.29 is 17.2 Å². The summed E-state index contributed by atoms with van der Waals surface area (Å²) in [6.07, 6.45) is 1.42. The number of hydrogen-bond acceptors (Lipinski definition) is 3. The van der Waals surface area contributed by atoms with Crippen LogP contribution in [-0.2, 0) is 15.8 Å². The highest BCUT2D eigenvalue weighted by molar-refractivity contribution is 7.88. The number of nitrogens with zero attached hydrogens (tertiary/aromatic N) is 1. The topological polar surface area (TPSA) is 49.4 Å². The van der Waals surface area contributed by atoms with Crippen molar-refractivity contribution in [3.8, 4) is 0 Å². The van der Waals surface area contributed by atoms with Crippen molar-refractivity contribution in [2.24, 2.45) is 0 Å². The Balaban J connectivity index is 1.68. The summed E-state index contributed by atoms with van der Waals surface area (Å²) >= 11 is 0. The molecule has 1 unspecified atom stereocenters. The van der Waals surface area contributed by atoms with Crippen molar-refractivity contribution >= 4 is 15.7 Å². The fraction of sp³-hybridized carbons (Fsp3) is 0.333. The molecule has 1 aliphatic heterocycles. The van der Waals surface area contributed by atoms with Gasteiger partial charge >= 0.3 is 0 Å². The minimum atomic E-state index is -3.68. The van der Waals surface area contributed by atoms with Crippen LogP contribution >= 0.6 is 0 Å². The molecule has 0 bridgehead atoms. The van der Waals surface area contributed by atoms with E-state index in [4.69, 9.17) is 0 Å². The van der Waals surface area contributed by atoms with E-state index in [1.807, 2.05) is 4.90 Å². The molecular formula is C18H20F2N2O2S. The van der Waals surface area contributed by atoms with Gasteiger partial charge in [-0.05, 0) is 31.0 Å². The second-order valence-electron chi connectivity index (χ2n) is 6.20. The molecule has 1 saturated heterocycles. The maximum Gasteiger partial charge on any atom is 0.216 e.